The van der Waals surface area contributed by atoms with E-state index in [1.807, 2.05) is 30.3 Å². The van der Waals surface area contributed by atoms with E-state index in [1.165, 1.54) is 14.2 Å². The molecule has 0 aromatic heterocycles. The minimum atomic E-state index is -0.570. The molecule has 0 fully saturated rings. The van der Waals surface area contributed by atoms with Gasteiger partial charge in [-0.25, -0.2) is 4.79 Å². The fourth-order valence-electron chi connectivity index (χ4n) is 2.41. The zero-order valence-electron chi connectivity index (χ0n) is 14.5. The first-order valence-electron chi connectivity index (χ1n) is 7.98. The Morgan fingerprint density at radius 3 is 1.92 bits per heavy atom. The predicted molar refractivity (Wildman–Crippen MR) is 97.5 cm³/mol. The van der Waals surface area contributed by atoms with Crippen LogP contribution in [0.5, 0.6) is 28.7 Å². The van der Waals surface area contributed by atoms with Gasteiger partial charge in [-0.2, -0.15) is 0 Å². The summed E-state index contributed by atoms with van der Waals surface area (Å²) in [4.78, 5) is 12.7. The third-order valence-corrected chi connectivity index (χ3v) is 3.66. The van der Waals surface area contributed by atoms with Crippen molar-refractivity contribution in [3.63, 3.8) is 0 Å². The van der Waals surface area contributed by atoms with Crippen LogP contribution in [0.15, 0.2) is 72.8 Å². The number of carbonyl (C=O) groups excluding carboxylic acids is 1. The Labute approximate surface area is 151 Å². The van der Waals surface area contributed by atoms with Crippen LogP contribution in [0.3, 0.4) is 0 Å². The molecule has 5 heteroatoms. The maximum absolute atomic E-state index is 12.7. The summed E-state index contributed by atoms with van der Waals surface area (Å²) in [5.74, 6) is 1.48. The number of esters is 1. The third-order valence-electron chi connectivity index (χ3n) is 3.66. The van der Waals surface area contributed by atoms with Crippen molar-refractivity contribution in [3.05, 3.63) is 78.4 Å². The number of para-hydroxylation sites is 3. The second kappa shape index (κ2) is 8.07. The molecule has 0 N–H and O–H groups in total. The lowest BCUT2D eigenvalue weighted by Gasteiger charge is -2.14. The van der Waals surface area contributed by atoms with Crippen LogP contribution in [-0.4, -0.2) is 20.2 Å². The SMILES string of the molecule is COc1cccc(OC)c1OC(=O)c1ccccc1Oc1ccccc1. The van der Waals surface area contributed by atoms with Crippen molar-refractivity contribution in [1.82, 2.24) is 0 Å². The number of hydrogen-bond donors (Lipinski definition) is 0. The van der Waals surface area contributed by atoms with Crippen molar-refractivity contribution in [2.45, 2.75) is 0 Å². The smallest absolute Gasteiger partial charge is 0.347 e. The van der Waals surface area contributed by atoms with Gasteiger partial charge in [-0.05, 0) is 36.4 Å². The summed E-state index contributed by atoms with van der Waals surface area (Å²) < 4.78 is 21.9. The van der Waals surface area contributed by atoms with E-state index in [0.717, 1.165) is 0 Å². The Bertz CT molecular complexity index is 868. The molecule has 0 heterocycles. The van der Waals surface area contributed by atoms with Crippen molar-refractivity contribution in [2.75, 3.05) is 14.2 Å². The topological polar surface area (TPSA) is 54.0 Å². The van der Waals surface area contributed by atoms with Crippen LogP contribution in [0.2, 0.25) is 0 Å². The molecule has 0 aliphatic heterocycles. The minimum absolute atomic E-state index is 0.219. The second-order valence-electron chi connectivity index (χ2n) is 5.29. The van der Waals surface area contributed by atoms with Gasteiger partial charge in [0.15, 0.2) is 11.5 Å². The van der Waals surface area contributed by atoms with Gasteiger partial charge >= 0.3 is 5.97 Å². The fraction of sp³-hybridized carbons (Fsp3) is 0.0952. The molecular weight excluding hydrogens is 332 g/mol. The van der Waals surface area contributed by atoms with Gasteiger partial charge in [0.25, 0.3) is 0 Å². The second-order valence-corrected chi connectivity index (χ2v) is 5.29. The van der Waals surface area contributed by atoms with Gasteiger partial charge in [0, 0.05) is 0 Å². The molecule has 3 aromatic rings. The van der Waals surface area contributed by atoms with Crippen molar-refractivity contribution in [3.8, 4) is 28.7 Å². The largest absolute Gasteiger partial charge is 0.493 e. The Kier molecular flexibility index (Phi) is 5.39. The standard InChI is InChI=1S/C21H18O5/c1-23-18-13-8-14-19(24-2)20(18)26-21(22)16-11-6-7-12-17(16)25-15-9-4-3-5-10-15/h3-14H,1-2H3. The van der Waals surface area contributed by atoms with E-state index < -0.39 is 5.97 Å². The Balaban J connectivity index is 1.90. The van der Waals surface area contributed by atoms with Crippen LogP contribution in [-0.2, 0) is 0 Å². The summed E-state index contributed by atoms with van der Waals surface area (Å²) in [6, 6.07) is 21.2. The first kappa shape index (κ1) is 17.4. The molecule has 0 atom stereocenters. The highest BCUT2D eigenvalue weighted by Crippen LogP contribution is 2.38. The molecule has 5 nitrogen and oxygen atoms in total. The van der Waals surface area contributed by atoms with Crippen LogP contribution in [0.1, 0.15) is 10.4 Å². The lowest BCUT2D eigenvalue weighted by molar-refractivity contribution is 0.0721. The molecule has 26 heavy (non-hydrogen) atoms. The summed E-state index contributed by atoms with van der Waals surface area (Å²) in [6.07, 6.45) is 0. The molecule has 0 aliphatic carbocycles. The summed E-state index contributed by atoms with van der Waals surface area (Å²) >= 11 is 0. The van der Waals surface area contributed by atoms with Gasteiger partial charge in [-0.1, -0.05) is 36.4 Å². The van der Waals surface area contributed by atoms with Crippen LogP contribution in [0, 0.1) is 0 Å². The molecule has 132 valence electrons. The van der Waals surface area contributed by atoms with E-state index in [-0.39, 0.29) is 5.75 Å². The molecule has 0 saturated carbocycles. The van der Waals surface area contributed by atoms with Gasteiger partial charge in [0.05, 0.1) is 14.2 Å². The lowest BCUT2D eigenvalue weighted by atomic mass is 10.2. The van der Waals surface area contributed by atoms with E-state index in [2.05, 4.69) is 0 Å². The van der Waals surface area contributed by atoms with Gasteiger partial charge in [-0.15, -0.1) is 0 Å². The normalized spacial score (nSPS) is 10.1. The molecule has 0 radical (unpaired) electrons. The molecular formula is C21H18O5. The first-order chi connectivity index (χ1) is 12.7. The van der Waals surface area contributed by atoms with Crippen molar-refractivity contribution < 1.29 is 23.7 Å². The highest BCUT2D eigenvalue weighted by Gasteiger charge is 2.20. The zero-order valence-corrected chi connectivity index (χ0v) is 14.5. The highest BCUT2D eigenvalue weighted by atomic mass is 16.6. The molecule has 0 amide bonds. The molecule has 0 spiro atoms. The molecule has 0 saturated heterocycles. The highest BCUT2D eigenvalue weighted by molar-refractivity contribution is 5.94. The maximum atomic E-state index is 12.7. The number of ether oxygens (including phenoxy) is 4. The van der Waals surface area contributed by atoms with Gasteiger partial charge in [-0.3, -0.25) is 0 Å². The average molecular weight is 350 g/mol. The van der Waals surface area contributed by atoms with Crippen molar-refractivity contribution in [1.29, 1.82) is 0 Å². The third kappa shape index (κ3) is 3.78. The van der Waals surface area contributed by atoms with Crippen molar-refractivity contribution in [2.24, 2.45) is 0 Å². The van der Waals surface area contributed by atoms with Gasteiger partial charge in [0.2, 0.25) is 5.75 Å². The van der Waals surface area contributed by atoms with Crippen LogP contribution < -0.4 is 18.9 Å². The summed E-state index contributed by atoms with van der Waals surface area (Å²) in [5, 5.41) is 0. The number of benzene rings is 3. The summed E-state index contributed by atoms with van der Waals surface area (Å²) in [7, 11) is 3.00. The fourth-order valence-corrected chi connectivity index (χ4v) is 2.41. The Morgan fingerprint density at radius 1 is 0.692 bits per heavy atom. The molecule has 0 unspecified atom stereocenters. The maximum Gasteiger partial charge on any atom is 0.347 e. The monoisotopic (exact) mass is 350 g/mol. The molecule has 0 aliphatic rings. The number of methoxy groups -OCH3 is 2. The Hall–Kier alpha value is -3.47. The summed E-state index contributed by atoms with van der Waals surface area (Å²) in [6.45, 7) is 0. The zero-order chi connectivity index (χ0) is 18.4. The van der Waals surface area contributed by atoms with E-state index >= 15 is 0 Å². The van der Waals surface area contributed by atoms with Crippen LogP contribution in [0.4, 0.5) is 0 Å². The van der Waals surface area contributed by atoms with E-state index in [9.17, 15) is 4.79 Å². The minimum Gasteiger partial charge on any atom is -0.493 e. The molecule has 3 rings (SSSR count). The number of rotatable bonds is 6. The summed E-state index contributed by atoms with van der Waals surface area (Å²) in [5.41, 5.74) is 0.296. The van der Waals surface area contributed by atoms with Gasteiger partial charge < -0.3 is 18.9 Å². The molecule has 3 aromatic carbocycles. The quantitative estimate of drug-likeness (QED) is 0.476. The predicted octanol–water partition coefficient (Wildman–Crippen LogP) is 4.72. The number of hydrogen-bond acceptors (Lipinski definition) is 5. The first-order valence-corrected chi connectivity index (χ1v) is 7.98. The van der Waals surface area contributed by atoms with Crippen LogP contribution in [0.25, 0.3) is 0 Å². The average Bonchev–Trinajstić information content (AvgIpc) is 2.69. The van der Waals surface area contributed by atoms with E-state index in [4.69, 9.17) is 18.9 Å². The Morgan fingerprint density at radius 2 is 1.27 bits per heavy atom. The van der Waals surface area contributed by atoms with Crippen LogP contribution >= 0.6 is 0 Å². The number of carbonyl (C=O) groups is 1. The van der Waals surface area contributed by atoms with Crippen molar-refractivity contribution >= 4 is 5.97 Å². The van der Waals surface area contributed by atoms with E-state index in [0.29, 0.717) is 28.6 Å². The van der Waals surface area contributed by atoms with Gasteiger partial charge in [0.1, 0.15) is 17.1 Å². The van der Waals surface area contributed by atoms with E-state index in [1.54, 1.807) is 42.5 Å². The lowest BCUT2D eigenvalue weighted by Crippen LogP contribution is -2.11. The molecule has 0 bridgehead atoms.